The molecule has 0 heterocycles. The summed E-state index contributed by atoms with van der Waals surface area (Å²) in [7, 11) is 0. The number of carbonyl (C=O) groups is 3. The normalized spacial score (nSPS) is 11.1. The lowest BCUT2D eigenvalue weighted by atomic mass is 10.2. The number of esters is 1. The number of nitrogens with one attached hydrogen (secondary N) is 2. The molecule has 0 aliphatic carbocycles. The molecule has 30 heavy (non-hydrogen) atoms. The third kappa shape index (κ3) is 8.22. The molecule has 0 radical (unpaired) electrons. The Kier molecular flexibility index (Phi) is 9.18. The summed E-state index contributed by atoms with van der Waals surface area (Å²) < 4.78 is 15.8. The van der Waals surface area contributed by atoms with Gasteiger partial charge in [-0.25, -0.2) is 4.79 Å². The number of hydrogen-bond acceptors (Lipinski definition) is 6. The summed E-state index contributed by atoms with van der Waals surface area (Å²) in [6.07, 6.45) is -1.14. The summed E-state index contributed by atoms with van der Waals surface area (Å²) in [5.74, 6) is 0.0126. The van der Waals surface area contributed by atoms with Crippen LogP contribution in [-0.2, 0) is 20.9 Å². The van der Waals surface area contributed by atoms with E-state index in [1.54, 1.807) is 24.3 Å². The molecule has 0 fully saturated rings. The third-order valence-corrected chi connectivity index (χ3v) is 3.92. The molecule has 0 aromatic heterocycles. The zero-order chi connectivity index (χ0) is 21.8. The Balaban J connectivity index is 1.64. The van der Waals surface area contributed by atoms with Gasteiger partial charge in [-0.15, -0.1) is 0 Å². The van der Waals surface area contributed by atoms with Crippen molar-refractivity contribution in [1.29, 1.82) is 0 Å². The van der Waals surface area contributed by atoms with Crippen molar-refractivity contribution in [3.63, 3.8) is 0 Å². The second-order valence-electron chi connectivity index (χ2n) is 6.29. The SMILES string of the molecule is CCOc1ccc(OCCC(=O)OC(C)C(=O)NC(=O)NCc2ccccc2)cc1. The van der Waals surface area contributed by atoms with Crippen LogP contribution in [0.2, 0.25) is 0 Å². The average Bonchev–Trinajstić information content (AvgIpc) is 2.74. The molecule has 2 rings (SSSR count). The Morgan fingerprint density at radius 2 is 1.57 bits per heavy atom. The lowest BCUT2D eigenvalue weighted by molar-refractivity contribution is -0.154. The van der Waals surface area contributed by atoms with E-state index in [2.05, 4.69) is 10.6 Å². The van der Waals surface area contributed by atoms with Crippen LogP contribution < -0.4 is 20.1 Å². The molecule has 0 aliphatic rings. The largest absolute Gasteiger partial charge is 0.494 e. The van der Waals surface area contributed by atoms with E-state index in [1.165, 1.54) is 6.92 Å². The molecular formula is C22H26N2O6. The van der Waals surface area contributed by atoms with Crippen LogP contribution >= 0.6 is 0 Å². The highest BCUT2D eigenvalue weighted by Crippen LogP contribution is 2.17. The first-order valence-electron chi connectivity index (χ1n) is 9.65. The quantitative estimate of drug-likeness (QED) is 0.580. The third-order valence-electron chi connectivity index (χ3n) is 3.92. The molecule has 0 aliphatic heterocycles. The van der Waals surface area contributed by atoms with Gasteiger partial charge in [0, 0.05) is 6.54 Å². The van der Waals surface area contributed by atoms with E-state index in [0.717, 1.165) is 11.3 Å². The monoisotopic (exact) mass is 414 g/mol. The lowest BCUT2D eigenvalue weighted by Gasteiger charge is -2.13. The molecular weight excluding hydrogens is 388 g/mol. The van der Waals surface area contributed by atoms with Crippen LogP contribution in [0.4, 0.5) is 4.79 Å². The van der Waals surface area contributed by atoms with Gasteiger partial charge >= 0.3 is 12.0 Å². The van der Waals surface area contributed by atoms with Crippen LogP contribution in [-0.4, -0.2) is 37.2 Å². The summed E-state index contributed by atoms with van der Waals surface area (Å²) in [6.45, 7) is 4.24. The molecule has 3 amide bonds. The van der Waals surface area contributed by atoms with Crippen LogP contribution in [0.5, 0.6) is 11.5 Å². The molecule has 8 heteroatoms. The van der Waals surface area contributed by atoms with Crippen LogP contribution in [0.25, 0.3) is 0 Å². The van der Waals surface area contributed by atoms with Crippen molar-refractivity contribution in [3.05, 3.63) is 60.2 Å². The van der Waals surface area contributed by atoms with Gasteiger partial charge in [-0.1, -0.05) is 30.3 Å². The molecule has 2 N–H and O–H groups in total. The van der Waals surface area contributed by atoms with Crippen LogP contribution in [0.1, 0.15) is 25.8 Å². The smallest absolute Gasteiger partial charge is 0.321 e. The van der Waals surface area contributed by atoms with Crippen molar-refractivity contribution in [3.8, 4) is 11.5 Å². The maximum Gasteiger partial charge on any atom is 0.321 e. The molecule has 1 atom stereocenters. The van der Waals surface area contributed by atoms with Crippen molar-refractivity contribution in [2.75, 3.05) is 13.2 Å². The fourth-order valence-electron chi connectivity index (χ4n) is 2.40. The fraction of sp³-hybridized carbons (Fsp3) is 0.318. The van der Waals surface area contributed by atoms with Crippen LogP contribution in [0.15, 0.2) is 54.6 Å². The highest BCUT2D eigenvalue weighted by atomic mass is 16.6. The number of amides is 3. The average molecular weight is 414 g/mol. The predicted octanol–water partition coefficient (Wildman–Crippen LogP) is 2.81. The molecule has 0 saturated heterocycles. The number of urea groups is 1. The fourth-order valence-corrected chi connectivity index (χ4v) is 2.40. The lowest BCUT2D eigenvalue weighted by Crippen LogP contribution is -2.44. The number of benzene rings is 2. The minimum Gasteiger partial charge on any atom is -0.494 e. The minimum absolute atomic E-state index is 0.0367. The van der Waals surface area contributed by atoms with Gasteiger partial charge in [0.1, 0.15) is 11.5 Å². The van der Waals surface area contributed by atoms with Crippen molar-refractivity contribution in [1.82, 2.24) is 10.6 Å². The maximum absolute atomic E-state index is 12.0. The van der Waals surface area contributed by atoms with E-state index in [-0.39, 0.29) is 19.6 Å². The number of carbonyl (C=O) groups excluding carboxylic acids is 3. The predicted molar refractivity (Wildman–Crippen MR) is 110 cm³/mol. The van der Waals surface area contributed by atoms with Gasteiger partial charge in [0.15, 0.2) is 6.10 Å². The summed E-state index contributed by atoms with van der Waals surface area (Å²) in [5.41, 5.74) is 0.895. The summed E-state index contributed by atoms with van der Waals surface area (Å²) >= 11 is 0. The van der Waals surface area contributed by atoms with E-state index in [0.29, 0.717) is 12.4 Å². The van der Waals surface area contributed by atoms with Gasteiger partial charge < -0.3 is 19.5 Å². The zero-order valence-corrected chi connectivity index (χ0v) is 17.1. The van der Waals surface area contributed by atoms with Gasteiger partial charge in [0.2, 0.25) is 0 Å². The number of imide groups is 1. The number of rotatable bonds is 10. The maximum atomic E-state index is 12.0. The standard InChI is InChI=1S/C22H26N2O6/c1-3-28-18-9-11-19(12-10-18)29-14-13-20(25)30-16(2)21(26)24-22(27)23-15-17-7-5-4-6-8-17/h4-12,16H,3,13-15H2,1-2H3,(H2,23,24,26,27). The molecule has 2 aromatic rings. The summed E-state index contributed by atoms with van der Waals surface area (Å²) in [5, 5.41) is 4.71. The van der Waals surface area contributed by atoms with E-state index in [1.807, 2.05) is 37.3 Å². The van der Waals surface area contributed by atoms with Gasteiger partial charge in [-0.2, -0.15) is 0 Å². The molecule has 8 nitrogen and oxygen atoms in total. The van der Waals surface area contributed by atoms with Crippen molar-refractivity contribution >= 4 is 17.9 Å². The van der Waals surface area contributed by atoms with Gasteiger partial charge in [-0.3, -0.25) is 14.9 Å². The molecule has 0 bridgehead atoms. The summed E-state index contributed by atoms with van der Waals surface area (Å²) in [4.78, 5) is 35.7. The highest BCUT2D eigenvalue weighted by molar-refractivity contribution is 5.97. The minimum atomic E-state index is -1.11. The van der Waals surface area contributed by atoms with E-state index >= 15 is 0 Å². The second-order valence-corrected chi connectivity index (χ2v) is 6.29. The van der Waals surface area contributed by atoms with Gasteiger partial charge in [0.25, 0.3) is 5.91 Å². The first-order chi connectivity index (χ1) is 14.5. The number of ether oxygens (including phenoxy) is 3. The van der Waals surface area contributed by atoms with E-state index in [9.17, 15) is 14.4 Å². The molecule has 1 unspecified atom stereocenters. The first kappa shape index (κ1) is 22.7. The highest BCUT2D eigenvalue weighted by Gasteiger charge is 2.19. The van der Waals surface area contributed by atoms with E-state index < -0.39 is 24.0 Å². The van der Waals surface area contributed by atoms with Crippen LogP contribution in [0, 0.1) is 0 Å². The van der Waals surface area contributed by atoms with Crippen molar-refractivity contribution in [2.45, 2.75) is 32.9 Å². The molecule has 160 valence electrons. The van der Waals surface area contributed by atoms with Crippen molar-refractivity contribution < 1.29 is 28.6 Å². The van der Waals surface area contributed by atoms with Gasteiger partial charge in [-0.05, 0) is 43.7 Å². The topological polar surface area (TPSA) is 103 Å². The Morgan fingerprint density at radius 3 is 2.20 bits per heavy atom. The molecule has 0 saturated carbocycles. The molecule has 2 aromatic carbocycles. The number of hydrogen-bond donors (Lipinski definition) is 2. The molecule has 0 spiro atoms. The van der Waals surface area contributed by atoms with E-state index in [4.69, 9.17) is 14.2 Å². The first-order valence-corrected chi connectivity index (χ1v) is 9.65. The Morgan fingerprint density at radius 1 is 0.933 bits per heavy atom. The van der Waals surface area contributed by atoms with Crippen molar-refractivity contribution in [2.24, 2.45) is 0 Å². The van der Waals surface area contributed by atoms with Crippen LogP contribution in [0.3, 0.4) is 0 Å². The second kappa shape index (κ2) is 12.1. The summed E-state index contributed by atoms with van der Waals surface area (Å²) in [6, 6.07) is 15.6. The Bertz CT molecular complexity index is 823. The Labute approximate surface area is 175 Å². The Hall–Kier alpha value is -3.55. The zero-order valence-electron chi connectivity index (χ0n) is 17.1. The van der Waals surface area contributed by atoms with Gasteiger partial charge in [0.05, 0.1) is 19.6 Å².